The lowest BCUT2D eigenvalue weighted by Gasteiger charge is -2.13. The van der Waals surface area contributed by atoms with Gasteiger partial charge in [0, 0.05) is 23.5 Å². The van der Waals surface area contributed by atoms with Crippen LogP contribution >= 0.6 is 0 Å². The van der Waals surface area contributed by atoms with Crippen molar-refractivity contribution in [3.05, 3.63) is 56.0 Å². The number of benzene rings is 1. The van der Waals surface area contributed by atoms with Crippen LogP contribution in [0.1, 0.15) is 52.3 Å². The number of hydrogen-bond acceptors (Lipinski definition) is 4. The van der Waals surface area contributed by atoms with Gasteiger partial charge < -0.3 is 0 Å². The lowest BCUT2D eigenvalue weighted by molar-refractivity contribution is -0.384. The van der Waals surface area contributed by atoms with E-state index < -0.39 is 4.92 Å². The Balaban J connectivity index is 2.58. The normalized spacial score (nSPS) is 12.4. The molecule has 0 aliphatic heterocycles. The van der Waals surface area contributed by atoms with E-state index in [0.29, 0.717) is 17.0 Å². The van der Waals surface area contributed by atoms with Crippen LogP contribution in [0.4, 0.5) is 5.69 Å². The summed E-state index contributed by atoms with van der Waals surface area (Å²) >= 11 is 0. The number of non-ortho nitro benzene ring substituents is 1. The van der Waals surface area contributed by atoms with Crippen LogP contribution in [-0.2, 0) is 6.42 Å². The number of aromatic nitrogens is 2. The average Bonchev–Trinajstić information content (AvgIpc) is 2.82. The molecule has 0 bridgehead atoms. The highest BCUT2D eigenvalue weighted by Gasteiger charge is 2.19. The summed E-state index contributed by atoms with van der Waals surface area (Å²) in [5.41, 5.74) is 2.17. The third kappa shape index (κ3) is 4.23. The molecule has 1 N–H and O–H groups in total. The third-order valence-electron chi connectivity index (χ3n) is 3.65. The van der Waals surface area contributed by atoms with Crippen molar-refractivity contribution in [1.29, 1.82) is 0 Å². The van der Waals surface area contributed by atoms with Crippen LogP contribution in [0.25, 0.3) is 5.69 Å². The summed E-state index contributed by atoms with van der Waals surface area (Å²) in [5.74, 6) is 0. The highest BCUT2D eigenvalue weighted by molar-refractivity contribution is 5.99. The first kappa shape index (κ1) is 18.6. The molecule has 0 radical (unpaired) electrons. The van der Waals surface area contributed by atoms with Crippen molar-refractivity contribution >= 4 is 11.4 Å². The lowest BCUT2D eigenvalue weighted by Crippen LogP contribution is -2.22. The van der Waals surface area contributed by atoms with E-state index in [4.69, 9.17) is 0 Å². The molecule has 0 aliphatic rings. The number of nitrogens with zero attached hydrogens (tertiary/aromatic N) is 3. The summed E-state index contributed by atoms with van der Waals surface area (Å²) in [7, 11) is 0. The number of H-pyrrole nitrogens is 1. The smallest absolute Gasteiger partial charge is 0.280 e. The molecule has 0 atom stereocenters. The van der Waals surface area contributed by atoms with Gasteiger partial charge in [-0.1, -0.05) is 13.3 Å². The Morgan fingerprint density at radius 1 is 1.28 bits per heavy atom. The summed E-state index contributed by atoms with van der Waals surface area (Å²) < 4.78 is 1.42. The second-order valence-electron chi connectivity index (χ2n) is 7.00. The summed E-state index contributed by atoms with van der Waals surface area (Å²) in [6.45, 7) is 9.84. The van der Waals surface area contributed by atoms with Crippen LogP contribution in [0, 0.1) is 10.1 Å². The van der Waals surface area contributed by atoms with Gasteiger partial charge in [0.2, 0.25) is 0 Å². The van der Waals surface area contributed by atoms with Crippen molar-refractivity contribution in [3.8, 4) is 5.69 Å². The second kappa shape index (κ2) is 7.04. The molecule has 0 fully saturated rings. The van der Waals surface area contributed by atoms with Crippen molar-refractivity contribution < 1.29 is 4.92 Å². The van der Waals surface area contributed by atoms with Crippen molar-refractivity contribution in [2.75, 3.05) is 0 Å². The Bertz CT molecular complexity index is 852. The number of rotatable bonds is 5. The predicted octanol–water partition coefficient (Wildman–Crippen LogP) is 3.63. The molecule has 25 heavy (non-hydrogen) atoms. The highest BCUT2D eigenvalue weighted by Crippen LogP contribution is 2.17. The van der Waals surface area contributed by atoms with E-state index >= 15 is 0 Å². The van der Waals surface area contributed by atoms with Crippen LogP contribution in [-0.4, -0.2) is 26.0 Å². The topological polar surface area (TPSA) is 93.3 Å². The molecule has 2 rings (SSSR count). The van der Waals surface area contributed by atoms with Gasteiger partial charge in [0.1, 0.15) is 0 Å². The van der Waals surface area contributed by atoms with Crippen LogP contribution in [0.5, 0.6) is 0 Å². The van der Waals surface area contributed by atoms with E-state index in [0.717, 1.165) is 18.5 Å². The fraction of sp³-hybridized carbons (Fsp3) is 0.444. The first-order valence-electron chi connectivity index (χ1n) is 8.29. The Morgan fingerprint density at radius 2 is 1.88 bits per heavy atom. The standard InChI is InChI=1S/C18H24N4O3/c1-6-7-15-16(12(2)19-18(3,4)5)17(23)21(20-15)13-8-10-14(11-9-13)22(24)25/h8-11,20H,6-7H2,1-5H3. The molecule has 7 heteroatoms. The lowest BCUT2D eigenvalue weighted by atomic mass is 10.1. The Labute approximate surface area is 146 Å². The van der Waals surface area contributed by atoms with Gasteiger partial charge in [-0.2, -0.15) is 0 Å². The summed E-state index contributed by atoms with van der Waals surface area (Å²) in [5, 5.41) is 13.9. The summed E-state index contributed by atoms with van der Waals surface area (Å²) in [4.78, 5) is 27.9. The van der Waals surface area contributed by atoms with Gasteiger partial charge >= 0.3 is 0 Å². The van der Waals surface area contributed by atoms with E-state index in [1.165, 1.54) is 16.8 Å². The first-order valence-corrected chi connectivity index (χ1v) is 8.29. The molecule has 0 spiro atoms. The molecule has 0 unspecified atom stereocenters. The molecule has 1 heterocycles. The minimum Gasteiger partial charge on any atom is -0.294 e. The van der Waals surface area contributed by atoms with Crippen molar-refractivity contribution in [3.63, 3.8) is 0 Å². The third-order valence-corrected chi connectivity index (χ3v) is 3.65. The van der Waals surface area contributed by atoms with E-state index in [9.17, 15) is 14.9 Å². The molecule has 0 aliphatic carbocycles. The maximum atomic E-state index is 12.9. The maximum absolute atomic E-state index is 12.9. The number of aryl methyl sites for hydroxylation is 1. The molecule has 1 aromatic heterocycles. The largest absolute Gasteiger partial charge is 0.294 e. The molecular formula is C18H24N4O3. The first-order chi connectivity index (χ1) is 11.6. The Hall–Kier alpha value is -2.70. The predicted molar refractivity (Wildman–Crippen MR) is 99.0 cm³/mol. The van der Waals surface area contributed by atoms with E-state index in [-0.39, 0.29) is 16.8 Å². The van der Waals surface area contributed by atoms with Crippen LogP contribution in [0.2, 0.25) is 0 Å². The number of hydrogen-bond donors (Lipinski definition) is 1. The van der Waals surface area contributed by atoms with Crippen LogP contribution < -0.4 is 5.56 Å². The molecular weight excluding hydrogens is 320 g/mol. The number of aromatic amines is 1. The summed E-state index contributed by atoms with van der Waals surface area (Å²) in [6, 6.07) is 5.90. The zero-order valence-corrected chi connectivity index (χ0v) is 15.3. The van der Waals surface area contributed by atoms with E-state index in [2.05, 4.69) is 10.1 Å². The van der Waals surface area contributed by atoms with E-state index in [1.807, 2.05) is 34.6 Å². The minimum atomic E-state index is -0.463. The fourth-order valence-electron chi connectivity index (χ4n) is 2.75. The molecule has 7 nitrogen and oxygen atoms in total. The van der Waals surface area contributed by atoms with Gasteiger partial charge in [-0.3, -0.25) is 25.0 Å². The van der Waals surface area contributed by atoms with Gasteiger partial charge in [-0.15, -0.1) is 0 Å². The monoisotopic (exact) mass is 344 g/mol. The number of nitro benzene ring substituents is 1. The SMILES string of the molecule is CCCc1[nH]n(-c2ccc([N+](=O)[O-])cc2)c(=O)c1C(C)=NC(C)(C)C. The number of nitro groups is 1. The molecule has 0 amide bonds. The van der Waals surface area contributed by atoms with Crippen LogP contribution in [0.15, 0.2) is 34.1 Å². The number of nitrogens with one attached hydrogen (secondary N) is 1. The molecule has 1 aromatic carbocycles. The quantitative estimate of drug-likeness (QED) is 0.510. The highest BCUT2D eigenvalue weighted by atomic mass is 16.6. The van der Waals surface area contributed by atoms with Crippen molar-refractivity contribution in [2.24, 2.45) is 4.99 Å². The zero-order chi connectivity index (χ0) is 18.8. The van der Waals surface area contributed by atoms with Gasteiger partial charge in [-0.25, -0.2) is 4.68 Å². The van der Waals surface area contributed by atoms with Gasteiger partial charge in [0.25, 0.3) is 11.2 Å². The van der Waals surface area contributed by atoms with Gasteiger partial charge in [0.15, 0.2) is 0 Å². The van der Waals surface area contributed by atoms with Crippen molar-refractivity contribution in [2.45, 2.75) is 53.0 Å². The molecule has 2 aromatic rings. The maximum Gasteiger partial charge on any atom is 0.280 e. The van der Waals surface area contributed by atoms with Gasteiger partial charge in [-0.05, 0) is 46.2 Å². The molecule has 134 valence electrons. The summed E-state index contributed by atoms with van der Waals surface area (Å²) in [6.07, 6.45) is 1.61. The van der Waals surface area contributed by atoms with Crippen molar-refractivity contribution in [1.82, 2.24) is 9.78 Å². The van der Waals surface area contributed by atoms with Crippen LogP contribution in [0.3, 0.4) is 0 Å². The minimum absolute atomic E-state index is 0.0113. The molecule has 0 saturated carbocycles. The Morgan fingerprint density at radius 3 is 2.36 bits per heavy atom. The second-order valence-corrected chi connectivity index (χ2v) is 7.00. The Kier molecular flexibility index (Phi) is 5.25. The average molecular weight is 344 g/mol. The molecule has 0 saturated heterocycles. The number of aliphatic imine (C=N–C) groups is 1. The van der Waals surface area contributed by atoms with E-state index in [1.54, 1.807) is 12.1 Å². The van der Waals surface area contributed by atoms with Gasteiger partial charge in [0.05, 0.1) is 21.7 Å². The zero-order valence-electron chi connectivity index (χ0n) is 15.3. The fourth-order valence-corrected chi connectivity index (χ4v) is 2.75.